The molecule has 2 rings (SSSR count). The molecule has 3 nitrogen and oxygen atoms in total. The zero-order valence-electron chi connectivity index (χ0n) is 10.9. The molecular formula is C14H20N2OS. The Labute approximate surface area is 114 Å². The van der Waals surface area contributed by atoms with Crippen molar-refractivity contribution in [3.63, 3.8) is 0 Å². The van der Waals surface area contributed by atoms with Crippen molar-refractivity contribution in [1.82, 2.24) is 5.32 Å². The van der Waals surface area contributed by atoms with Crippen LogP contribution in [-0.2, 0) is 11.2 Å². The molecule has 0 bridgehead atoms. The van der Waals surface area contributed by atoms with Gasteiger partial charge in [0.25, 0.3) is 0 Å². The number of carbonyl (C=O) groups is 1. The molecule has 1 aromatic rings. The van der Waals surface area contributed by atoms with Crippen LogP contribution in [0.5, 0.6) is 0 Å². The lowest BCUT2D eigenvalue weighted by molar-refractivity contribution is -0.118. The van der Waals surface area contributed by atoms with Gasteiger partial charge in [0.2, 0.25) is 5.91 Å². The van der Waals surface area contributed by atoms with Crippen LogP contribution in [0, 0.1) is 0 Å². The molecule has 1 heterocycles. The number of carbonyl (C=O) groups excluding carboxylic acids is 1. The molecule has 18 heavy (non-hydrogen) atoms. The minimum Gasteiger partial charge on any atom is -0.315 e. The van der Waals surface area contributed by atoms with Crippen molar-refractivity contribution in [3.05, 3.63) is 29.3 Å². The fraction of sp³-hybridized carbons (Fsp3) is 0.500. The summed E-state index contributed by atoms with van der Waals surface area (Å²) in [7, 11) is 3.83. The zero-order valence-corrected chi connectivity index (χ0v) is 11.8. The Morgan fingerprint density at radius 3 is 2.89 bits per heavy atom. The third-order valence-electron chi connectivity index (χ3n) is 3.62. The number of fused-ring (bicyclic) bond motifs is 1. The molecule has 1 aliphatic heterocycles. The van der Waals surface area contributed by atoms with Crippen LogP contribution in [0.3, 0.4) is 0 Å². The highest BCUT2D eigenvalue weighted by Crippen LogP contribution is 2.30. The first-order chi connectivity index (χ1) is 8.67. The van der Waals surface area contributed by atoms with Crippen molar-refractivity contribution < 1.29 is 4.79 Å². The van der Waals surface area contributed by atoms with E-state index >= 15 is 0 Å². The van der Waals surface area contributed by atoms with Gasteiger partial charge in [0, 0.05) is 25.2 Å². The number of nitrogens with one attached hydrogen (secondary N) is 1. The van der Waals surface area contributed by atoms with E-state index in [4.69, 9.17) is 0 Å². The minimum atomic E-state index is 0.204. The first-order valence-corrected chi connectivity index (χ1v) is 6.98. The molecule has 0 saturated carbocycles. The highest BCUT2D eigenvalue weighted by molar-refractivity contribution is 7.80. The van der Waals surface area contributed by atoms with Crippen LogP contribution >= 0.6 is 12.6 Å². The SMILES string of the molecule is CNC(CCS)c1ccc2c(c1)CCC(=O)N2C. The zero-order chi connectivity index (χ0) is 13.1. The number of rotatable bonds is 4. The maximum atomic E-state index is 11.6. The summed E-state index contributed by atoms with van der Waals surface area (Å²) in [5.41, 5.74) is 3.61. The second-order valence-corrected chi connectivity index (χ2v) is 5.14. The third-order valence-corrected chi connectivity index (χ3v) is 3.87. The van der Waals surface area contributed by atoms with Gasteiger partial charge in [-0.05, 0) is 42.8 Å². The first-order valence-electron chi connectivity index (χ1n) is 6.35. The summed E-state index contributed by atoms with van der Waals surface area (Å²) in [6.07, 6.45) is 2.47. The molecule has 1 aliphatic rings. The van der Waals surface area contributed by atoms with Crippen LogP contribution in [0.15, 0.2) is 18.2 Å². The highest BCUT2D eigenvalue weighted by Gasteiger charge is 2.21. The lowest BCUT2D eigenvalue weighted by atomic mass is 9.95. The number of anilines is 1. The molecule has 98 valence electrons. The lowest BCUT2D eigenvalue weighted by Gasteiger charge is -2.27. The van der Waals surface area contributed by atoms with Gasteiger partial charge < -0.3 is 10.2 Å². The van der Waals surface area contributed by atoms with E-state index in [1.54, 1.807) is 4.90 Å². The van der Waals surface area contributed by atoms with Gasteiger partial charge in [0.1, 0.15) is 0 Å². The Hall–Kier alpha value is -1.00. The van der Waals surface area contributed by atoms with Crippen molar-refractivity contribution >= 4 is 24.2 Å². The fourth-order valence-corrected chi connectivity index (χ4v) is 2.76. The van der Waals surface area contributed by atoms with Crippen molar-refractivity contribution in [3.8, 4) is 0 Å². The largest absolute Gasteiger partial charge is 0.315 e. The Morgan fingerprint density at radius 2 is 2.22 bits per heavy atom. The second-order valence-electron chi connectivity index (χ2n) is 4.69. The quantitative estimate of drug-likeness (QED) is 0.817. The topological polar surface area (TPSA) is 32.3 Å². The standard InChI is InChI=1S/C14H20N2OS/c1-15-12(7-8-18)10-3-5-13-11(9-10)4-6-14(17)16(13)2/h3,5,9,12,15,18H,4,6-8H2,1-2H3. The average Bonchev–Trinajstić information content (AvgIpc) is 2.40. The van der Waals surface area contributed by atoms with Gasteiger partial charge in [-0.25, -0.2) is 0 Å². The maximum Gasteiger partial charge on any atom is 0.227 e. The number of thiol groups is 1. The molecule has 1 amide bonds. The summed E-state index contributed by atoms with van der Waals surface area (Å²) < 4.78 is 0. The fourth-order valence-electron chi connectivity index (χ4n) is 2.50. The third kappa shape index (κ3) is 2.54. The molecule has 0 fully saturated rings. The molecule has 0 radical (unpaired) electrons. The number of nitrogens with zero attached hydrogens (tertiary/aromatic N) is 1. The van der Waals surface area contributed by atoms with Gasteiger partial charge in [-0.15, -0.1) is 0 Å². The Bertz CT molecular complexity index is 447. The van der Waals surface area contributed by atoms with E-state index in [9.17, 15) is 4.79 Å². The van der Waals surface area contributed by atoms with Crippen molar-refractivity contribution in [2.45, 2.75) is 25.3 Å². The number of benzene rings is 1. The molecular weight excluding hydrogens is 244 g/mol. The van der Waals surface area contributed by atoms with Crippen LogP contribution in [0.2, 0.25) is 0 Å². The summed E-state index contributed by atoms with van der Waals surface area (Å²) in [6, 6.07) is 6.74. The Kier molecular flexibility index (Phi) is 4.30. The summed E-state index contributed by atoms with van der Waals surface area (Å²) in [5.74, 6) is 1.07. The van der Waals surface area contributed by atoms with Gasteiger partial charge in [-0.3, -0.25) is 4.79 Å². The summed E-state index contributed by atoms with van der Waals surface area (Å²) in [5, 5.41) is 3.32. The van der Waals surface area contributed by atoms with Gasteiger partial charge >= 0.3 is 0 Å². The first kappa shape index (κ1) is 13.4. The minimum absolute atomic E-state index is 0.204. The van der Waals surface area contributed by atoms with Crippen LogP contribution in [0.1, 0.15) is 30.0 Å². The molecule has 4 heteroatoms. The van der Waals surface area contributed by atoms with Crippen LogP contribution in [-0.4, -0.2) is 25.8 Å². The molecule has 1 unspecified atom stereocenters. The molecule has 0 aromatic heterocycles. The van der Waals surface area contributed by atoms with E-state index in [0.717, 1.165) is 24.3 Å². The predicted molar refractivity (Wildman–Crippen MR) is 78.4 cm³/mol. The Morgan fingerprint density at radius 1 is 1.44 bits per heavy atom. The number of amides is 1. The number of hydrogen-bond acceptors (Lipinski definition) is 3. The molecule has 0 saturated heterocycles. The average molecular weight is 264 g/mol. The maximum absolute atomic E-state index is 11.6. The highest BCUT2D eigenvalue weighted by atomic mass is 32.1. The van der Waals surface area contributed by atoms with E-state index < -0.39 is 0 Å². The van der Waals surface area contributed by atoms with E-state index in [2.05, 4.69) is 36.1 Å². The summed E-state index contributed by atoms with van der Waals surface area (Å²) in [6.45, 7) is 0. The van der Waals surface area contributed by atoms with Gasteiger partial charge in [0.05, 0.1) is 0 Å². The van der Waals surface area contributed by atoms with E-state index in [0.29, 0.717) is 12.5 Å². The van der Waals surface area contributed by atoms with E-state index in [-0.39, 0.29) is 5.91 Å². The van der Waals surface area contributed by atoms with Crippen molar-refractivity contribution in [1.29, 1.82) is 0 Å². The lowest BCUT2D eigenvalue weighted by Crippen LogP contribution is -2.31. The summed E-state index contributed by atoms with van der Waals surface area (Å²) in [4.78, 5) is 13.4. The smallest absolute Gasteiger partial charge is 0.227 e. The van der Waals surface area contributed by atoms with Crippen LogP contribution in [0.4, 0.5) is 5.69 Å². The van der Waals surface area contributed by atoms with Crippen molar-refractivity contribution in [2.75, 3.05) is 24.7 Å². The molecule has 1 aromatic carbocycles. The second kappa shape index (κ2) is 5.76. The molecule has 1 N–H and O–H groups in total. The van der Waals surface area contributed by atoms with Crippen LogP contribution < -0.4 is 10.2 Å². The molecule has 0 aliphatic carbocycles. The predicted octanol–water partition coefficient (Wildman–Crippen LogP) is 2.18. The number of hydrogen-bond donors (Lipinski definition) is 2. The van der Waals surface area contributed by atoms with Crippen LogP contribution in [0.25, 0.3) is 0 Å². The monoisotopic (exact) mass is 264 g/mol. The summed E-state index contributed by atoms with van der Waals surface area (Å²) >= 11 is 4.30. The van der Waals surface area contributed by atoms with E-state index in [1.807, 2.05) is 14.1 Å². The van der Waals surface area contributed by atoms with E-state index in [1.165, 1.54) is 11.1 Å². The number of aryl methyl sites for hydroxylation is 1. The normalized spacial score (nSPS) is 16.6. The van der Waals surface area contributed by atoms with Gasteiger partial charge in [-0.1, -0.05) is 12.1 Å². The molecule has 0 spiro atoms. The molecule has 1 atom stereocenters. The van der Waals surface area contributed by atoms with Crippen molar-refractivity contribution in [2.24, 2.45) is 0 Å². The van der Waals surface area contributed by atoms with Gasteiger partial charge in [0.15, 0.2) is 0 Å². The Balaban J connectivity index is 2.30. The van der Waals surface area contributed by atoms with Gasteiger partial charge in [-0.2, -0.15) is 12.6 Å².